The van der Waals surface area contributed by atoms with E-state index in [2.05, 4.69) is 5.32 Å². The monoisotopic (exact) mass is 245 g/mol. The van der Waals surface area contributed by atoms with E-state index in [9.17, 15) is 14.0 Å². The molecule has 1 aromatic rings. The van der Waals surface area contributed by atoms with E-state index in [1.165, 1.54) is 12.1 Å². The maximum atomic E-state index is 13.1. The zero-order valence-corrected chi connectivity index (χ0v) is 8.87. The lowest BCUT2D eigenvalue weighted by Gasteiger charge is -2.14. The van der Waals surface area contributed by atoms with Crippen LogP contribution in [0.5, 0.6) is 0 Å². The van der Waals surface area contributed by atoms with Gasteiger partial charge in [0.1, 0.15) is 5.82 Å². The first-order valence-electron chi connectivity index (χ1n) is 4.41. The smallest absolute Gasteiger partial charge is 0.305 e. The average molecular weight is 246 g/mol. The van der Waals surface area contributed by atoms with Crippen molar-refractivity contribution in [2.24, 2.45) is 0 Å². The lowest BCUT2D eigenvalue weighted by Crippen LogP contribution is -2.22. The summed E-state index contributed by atoms with van der Waals surface area (Å²) in [6.45, 7) is 0. The third-order valence-electron chi connectivity index (χ3n) is 1.99. The molecule has 0 fully saturated rings. The fourth-order valence-corrected chi connectivity index (χ4v) is 1.38. The van der Waals surface area contributed by atoms with Gasteiger partial charge in [-0.25, -0.2) is 4.39 Å². The van der Waals surface area contributed by atoms with Crippen molar-refractivity contribution in [3.63, 3.8) is 0 Å². The Morgan fingerprint density at radius 3 is 2.81 bits per heavy atom. The number of nitrogens with one attached hydrogen (secondary N) is 1. The van der Waals surface area contributed by atoms with Crippen LogP contribution in [0.25, 0.3) is 0 Å². The Hall–Kier alpha value is -1.62. The molecule has 0 heterocycles. The zero-order valence-electron chi connectivity index (χ0n) is 8.11. The minimum atomic E-state index is -1.09. The first kappa shape index (κ1) is 12.4. The number of aliphatic carboxylic acids is 1. The van der Waals surface area contributed by atoms with Crippen molar-refractivity contribution in [1.82, 2.24) is 5.32 Å². The van der Waals surface area contributed by atoms with Gasteiger partial charge in [0.05, 0.1) is 17.5 Å². The summed E-state index contributed by atoms with van der Waals surface area (Å²) >= 11 is 5.49. The molecule has 0 saturated carbocycles. The fourth-order valence-electron chi connectivity index (χ4n) is 1.26. The summed E-state index contributed by atoms with van der Waals surface area (Å²) in [4.78, 5) is 20.8. The molecule has 86 valence electrons. The molecule has 0 aromatic heterocycles. The van der Waals surface area contributed by atoms with Gasteiger partial charge in [0.2, 0.25) is 6.41 Å². The van der Waals surface area contributed by atoms with Crippen molar-refractivity contribution in [1.29, 1.82) is 0 Å². The molecule has 2 N–H and O–H groups in total. The predicted molar refractivity (Wildman–Crippen MR) is 55.6 cm³/mol. The quantitative estimate of drug-likeness (QED) is 0.777. The van der Waals surface area contributed by atoms with Gasteiger partial charge >= 0.3 is 5.97 Å². The van der Waals surface area contributed by atoms with Gasteiger partial charge in [-0.15, -0.1) is 0 Å². The number of halogens is 2. The second-order valence-corrected chi connectivity index (χ2v) is 3.52. The van der Waals surface area contributed by atoms with E-state index in [0.717, 1.165) is 6.07 Å². The molecule has 6 heteroatoms. The van der Waals surface area contributed by atoms with Crippen LogP contribution in [0.2, 0.25) is 5.02 Å². The molecule has 0 spiro atoms. The van der Waals surface area contributed by atoms with Crippen LogP contribution >= 0.6 is 11.6 Å². The predicted octanol–water partition coefficient (Wildman–Crippen LogP) is 1.74. The number of carboxylic acids is 1. The van der Waals surface area contributed by atoms with E-state index in [4.69, 9.17) is 16.7 Å². The molecule has 0 saturated heterocycles. The first-order chi connectivity index (χ1) is 7.54. The third-order valence-corrected chi connectivity index (χ3v) is 2.30. The number of hydrogen-bond donors (Lipinski definition) is 2. The highest BCUT2D eigenvalue weighted by Gasteiger charge is 2.15. The molecular weight excluding hydrogens is 237 g/mol. The summed E-state index contributed by atoms with van der Waals surface area (Å²) in [7, 11) is 0. The maximum Gasteiger partial charge on any atom is 0.305 e. The summed E-state index contributed by atoms with van der Waals surface area (Å²) in [5, 5.41) is 10.9. The minimum Gasteiger partial charge on any atom is -0.481 e. The molecule has 0 radical (unpaired) electrons. The molecule has 0 unspecified atom stereocenters. The number of rotatable bonds is 5. The Morgan fingerprint density at radius 1 is 1.62 bits per heavy atom. The highest BCUT2D eigenvalue weighted by Crippen LogP contribution is 2.22. The molecule has 0 aliphatic rings. The van der Waals surface area contributed by atoms with Gasteiger partial charge < -0.3 is 10.4 Å². The highest BCUT2D eigenvalue weighted by atomic mass is 35.5. The van der Waals surface area contributed by atoms with Crippen LogP contribution in [-0.4, -0.2) is 17.5 Å². The standard InChI is InChI=1S/C10H9ClFNO3/c11-7-2-1-6(3-8(7)12)9(13-5-14)4-10(15)16/h1-3,5,9H,4H2,(H,13,14)(H,15,16)/t9-/m0/s1. The second-order valence-electron chi connectivity index (χ2n) is 3.11. The van der Waals surface area contributed by atoms with Crippen molar-refractivity contribution < 1.29 is 19.1 Å². The lowest BCUT2D eigenvalue weighted by atomic mass is 10.0. The highest BCUT2D eigenvalue weighted by molar-refractivity contribution is 6.30. The Kier molecular flexibility index (Phi) is 4.25. The summed E-state index contributed by atoms with van der Waals surface area (Å²) in [5.74, 6) is -1.74. The topological polar surface area (TPSA) is 66.4 Å². The third kappa shape index (κ3) is 3.20. The Balaban J connectivity index is 2.95. The van der Waals surface area contributed by atoms with Crippen molar-refractivity contribution >= 4 is 24.0 Å². The Morgan fingerprint density at radius 2 is 2.31 bits per heavy atom. The van der Waals surface area contributed by atoms with E-state index in [1.807, 2.05) is 0 Å². The van der Waals surface area contributed by atoms with Crippen LogP contribution in [0.15, 0.2) is 18.2 Å². The van der Waals surface area contributed by atoms with Gasteiger partial charge in [-0.1, -0.05) is 17.7 Å². The zero-order chi connectivity index (χ0) is 12.1. The lowest BCUT2D eigenvalue weighted by molar-refractivity contribution is -0.137. The van der Waals surface area contributed by atoms with E-state index in [-0.39, 0.29) is 11.4 Å². The van der Waals surface area contributed by atoms with Crippen LogP contribution in [0.1, 0.15) is 18.0 Å². The molecule has 4 nitrogen and oxygen atoms in total. The number of benzene rings is 1. The molecule has 16 heavy (non-hydrogen) atoms. The molecule has 1 atom stereocenters. The number of carboxylic acid groups (broad SMARTS) is 1. The summed E-state index contributed by atoms with van der Waals surface area (Å²) in [5.41, 5.74) is 0.358. The SMILES string of the molecule is O=CN[C@@H](CC(=O)O)c1ccc(Cl)c(F)c1. The van der Waals surface area contributed by atoms with Crippen LogP contribution in [0, 0.1) is 5.82 Å². The fraction of sp³-hybridized carbons (Fsp3) is 0.200. The number of amides is 1. The Labute approximate surface area is 96.0 Å². The van der Waals surface area contributed by atoms with Gasteiger partial charge in [0.15, 0.2) is 0 Å². The normalized spacial score (nSPS) is 11.9. The van der Waals surface area contributed by atoms with E-state index in [0.29, 0.717) is 12.0 Å². The van der Waals surface area contributed by atoms with Gasteiger partial charge in [0.25, 0.3) is 0 Å². The number of carbonyl (C=O) groups is 2. The molecule has 1 amide bonds. The van der Waals surface area contributed by atoms with Crippen molar-refractivity contribution in [2.75, 3.05) is 0 Å². The van der Waals surface area contributed by atoms with Crippen LogP contribution in [0.3, 0.4) is 0 Å². The average Bonchev–Trinajstić information content (AvgIpc) is 2.21. The molecular formula is C10H9ClFNO3. The van der Waals surface area contributed by atoms with Crippen LogP contribution < -0.4 is 5.32 Å². The molecule has 1 aromatic carbocycles. The first-order valence-corrected chi connectivity index (χ1v) is 4.79. The molecule has 0 aliphatic heterocycles. The number of hydrogen-bond acceptors (Lipinski definition) is 2. The van der Waals surface area contributed by atoms with Crippen LogP contribution in [-0.2, 0) is 9.59 Å². The van der Waals surface area contributed by atoms with Crippen molar-refractivity contribution in [3.05, 3.63) is 34.6 Å². The summed E-state index contributed by atoms with van der Waals surface area (Å²) < 4.78 is 13.1. The van der Waals surface area contributed by atoms with Gasteiger partial charge in [-0.3, -0.25) is 9.59 Å². The molecule has 0 aliphatic carbocycles. The van der Waals surface area contributed by atoms with E-state index >= 15 is 0 Å². The van der Waals surface area contributed by atoms with Crippen molar-refractivity contribution in [3.8, 4) is 0 Å². The summed E-state index contributed by atoms with van der Waals surface area (Å²) in [6, 6.07) is 3.12. The maximum absolute atomic E-state index is 13.1. The largest absolute Gasteiger partial charge is 0.481 e. The summed E-state index contributed by atoms with van der Waals surface area (Å²) in [6.07, 6.45) is 0.0555. The Bertz CT molecular complexity index is 411. The second kappa shape index (κ2) is 5.46. The van der Waals surface area contributed by atoms with Crippen LogP contribution in [0.4, 0.5) is 4.39 Å². The van der Waals surface area contributed by atoms with E-state index in [1.54, 1.807) is 0 Å². The van der Waals surface area contributed by atoms with Gasteiger partial charge in [0, 0.05) is 0 Å². The van der Waals surface area contributed by atoms with Crippen molar-refractivity contribution in [2.45, 2.75) is 12.5 Å². The number of carbonyl (C=O) groups excluding carboxylic acids is 1. The minimum absolute atomic E-state index is 0.0519. The van der Waals surface area contributed by atoms with E-state index < -0.39 is 17.8 Å². The van der Waals surface area contributed by atoms with Gasteiger partial charge in [-0.2, -0.15) is 0 Å². The molecule has 1 rings (SSSR count). The van der Waals surface area contributed by atoms with Gasteiger partial charge in [-0.05, 0) is 17.7 Å². The molecule has 0 bridgehead atoms.